The second kappa shape index (κ2) is 9.87. The molecule has 7 nitrogen and oxygen atoms in total. The van der Waals surface area contributed by atoms with E-state index in [0.29, 0.717) is 22.0 Å². The number of amides is 2. The third-order valence-electron chi connectivity index (χ3n) is 5.47. The fraction of sp³-hybridized carbons (Fsp3) is 0.391. The summed E-state index contributed by atoms with van der Waals surface area (Å²) in [5.41, 5.74) is 0.836. The minimum absolute atomic E-state index is 0.0874. The summed E-state index contributed by atoms with van der Waals surface area (Å²) >= 11 is 1.23. The van der Waals surface area contributed by atoms with Gasteiger partial charge in [-0.05, 0) is 25.0 Å². The Bertz CT molecular complexity index is 1130. The summed E-state index contributed by atoms with van der Waals surface area (Å²) in [5.74, 6) is -0.363. The maximum atomic E-state index is 12.3. The van der Waals surface area contributed by atoms with Crippen LogP contribution in [0.15, 0.2) is 44.9 Å². The van der Waals surface area contributed by atoms with Crippen molar-refractivity contribution in [1.82, 2.24) is 10.3 Å². The first-order valence-electron chi connectivity index (χ1n) is 10.7. The maximum Gasteiger partial charge on any atom is 0.345 e. The van der Waals surface area contributed by atoms with Gasteiger partial charge in [-0.15, -0.1) is 11.3 Å². The zero-order chi connectivity index (χ0) is 21.6. The number of thiazole rings is 1. The lowest BCUT2D eigenvalue weighted by atomic mass is 10.1. The Balaban J connectivity index is 1.32. The number of nitrogens with one attached hydrogen (secondary N) is 2. The van der Waals surface area contributed by atoms with E-state index in [1.54, 1.807) is 23.6 Å². The lowest BCUT2D eigenvalue weighted by Gasteiger charge is -2.15. The van der Waals surface area contributed by atoms with E-state index in [2.05, 4.69) is 15.6 Å². The fourth-order valence-corrected chi connectivity index (χ4v) is 4.55. The molecule has 8 heteroatoms. The second-order valence-corrected chi connectivity index (χ2v) is 8.69. The SMILES string of the molecule is O=C(CCC(=O)NC1CCCCCC1)Nc1nc(-c2cc3ccccc3oc2=O)cs1. The number of rotatable bonds is 6. The quantitative estimate of drug-likeness (QED) is 0.436. The van der Waals surface area contributed by atoms with Gasteiger partial charge >= 0.3 is 5.63 Å². The van der Waals surface area contributed by atoms with Crippen LogP contribution >= 0.6 is 11.3 Å². The van der Waals surface area contributed by atoms with Gasteiger partial charge in [-0.2, -0.15) is 0 Å². The number of anilines is 1. The van der Waals surface area contributed by atoms with Gasteiger partial charge in [0, 0.05) is 29.6 Å². The van der Waals surface area contributed by atoms with Crippen LogP contribution in [-0.2, 0) is 9.59 Å². The van der Waals surface area contributed by atoms with Gasteiger partial charge in [-0.3, -0.25) is 9.59 Å². The molecule has 2 heterocycles. The summed E-state index contributed by atoms with van der Waals surface area (Å²) in [5, 5.41) is 8.65. The maximum absolute atomic E-state index is 12.3. The zero-order valence-electron chi connectivity index (χ0n) is 17.2. The van der Waals surface area contributed by atoms with Gasteiger partial charge in [0.1, 0.15) is 5.58 Å². The molecule has 2 aromatic heterocycles. The lowest BCUT2D eigenvalue weighted by molar-refractivity contribution is -0.124. The van der Waals surface area contributed by atoms with E-state index in [1.807, 2.05) is 12.1 Å². The number of nitrogens with zero attached hydrogens (tertiary/aromatic N) is 1. The molecular formula is C23H25N3O4S. The minimum atomic E-state index is -0.475. The van der Waals surface area contributed by atoms with Gasteiger partial charge in [0.15, 0.2) is 5.13 Å². The highest BCUT2D eigenvalue weighted by Crippen LogP contribution is 2.25. The van der Waals surface area contributed by atoms with Crippen molar-refractivity contribution in [3.8, 4) is 11.3 Å². The van der Waals surface area contributed by atoms with Gasteiger partial charge in [0.25, 0.3) is 0 Å². The van der Waals surface area contributed by atoms with E-state index in [4.69, 9.17) is 4.42 Å². The van der Waals surface area contributed by atoms with Crippen LogP contribution in [0.3, 0.4) is 0 Å². The van der Waals surface area contributed by atoms with Crippen molar-refractivity contribution in [2.75, 3.05) is 5.32 Å². The molecule has 0 saturated heterocycles. The van der Waals surface area contributed by atoms with E-state index in [9.17, 15) is 14.4 Å². The molecule has 0 radical (unpaired) electrons. The third kappa shape index (κ3) is 5.58. The van der Waals surface area contributed by atoms with Crippen LogP contribution in [0.4, 0.5) is 5.13 Å². The van der Waals surface area contributed by atoms with Gasteiger partial charge in [0.2, 0.25) is 11.8 Å². The lowest BCUT2D eigenvalue weighted by Crippen LogP contribution is -2.34. The number of fused-ring (bicyclic) bond motifs is 1. The van der Waals surface area contributed by atoms with Crippen molar-refractivity contribution in [3.05, 3.63) is 46.1 Å². The first-order chi connectivity index (χ1) is 15.1. The molecule has 2 N–H and O–H groups in total. The fourth-order valence-electron chi connectivity index (χ4n) is 3.83. The molecule has 31 heavy (non-hydrogen) atoms. The van der Waals surface area contributed by atoms with Crippen LogP contribution in [0.5, 0.6) is 0 Å². The number of aromatic nitrogens is 1. The van der Waals surface area contributed by atoms with E-state index < -0.39 is 5.63 Å². The molecule has 3 aromatic rings. The first kappa shape index (κ1) is 21.2. The van der Waals surface area contributed by atoms with Crippen LogP contribution in [0.25, 0.3) is 22.2 Å². The van der Waals surface area contributed by atoms with Crippen LogP contribution < -0.4 is 16.3 Å². The van der Waals surface area contributed by atoms with Gasteiger partial charge < -0.3 is 15.1 Å². The number of carbonyl (C=O) groups is 2. The molecule has 0 unspecified atom stereocenters. The van der Waals surface area contributed by atoms with E-state index in [-0.39, 0.29) is 30.7 Å². The van der Waals surface area contributed by atoms with Crippen molar-refractivity contribution < 1.29 is 14.0 Å². The Hall–Kier alpha value is -3.00. The predicted molar refractivity (Wildman–Crippen MR) is 121 cm³/mol. The van der Waals surface area contributed by atoms with Gasteiger partial charge in [-0.25, -0.2) is 9.78 Å². The molecule has 4 rings (SSSR count). The predicted octanol–water partition coefficient (Wildman–Crippen LogP) is 4.47. The van der Waals surface area contributed by atoms with Crippen LogP contribution in [0.1, 0.15) is 51.4 Å². The van der Waals surface area contributed by atoms with Crippen LogP contribution in [0.2, 0.25) is 0 Å². The summed E-state index contributed by atoms with van der Waals surface area (Å²) in [6.45, 7) is 0. The molecule has 1 aliphatic rings. The van der Waals surface area contributed by atoms with E-state index in [0.717, 1.165) is 31.1 Å². The molecule has 162 valence electrons. The summed E-state index contributed by atoms with van der Waals surface area (Å²) in [7, 11) is 0. The molecule has 0 bridgehead atoms. The minimum Gasteiger partial charge on any atom is -0.422 e. The molecule has 0 atom stereocenters. The monoisotopic (exact) mass is 439 g/mol. The topological polar surface area (TPSA) is 101 Å². The Morgan fingerprint density at radius 3 is 2.61 bits per heavy atom. The number of hydrogen-bond donors (Lipinski definition) is 2. The van der Waals surface area contributed by atoms with Crippen molar-refractivity contribution in [3.63, 3.8) is 0 Å². The summed E-state index contributed by atoms with van der Waals surface area (Å²) < 4.78 is 5.35. The van der Waals surface area contributed by atoms with Gasteiger partial charge in [0.05, 0.1) is 11.3 Å². The van der Waals surface area contributed by atoms with Crippen molar-refractivity contribution in [1.29, 1.82) is 0 Å². The molecule has 2 amide bonds. The van der Waals surface area contributed by atoms with Gasteiger partial charge in [-0.1, -0.05) is 43.9 Å². The number of carbonyl (C=O) groups excluding carboxylic acids is 2. The number of hydrogen-bond acceptors (Lipinski definition) is 6. The summed E-state index contributed by atoms with van der Waals surface area (Å²) in [4.78, 5) is 41.1. The smallest absolute Gasteiger partial charge is 0.345 e. The average molecular weight is 440 g/mol. The molecule has 1 aliphatic carbocycles. The first-order valence-corrected chi connectivity index (χ1v) is 11.5. The average Bonchev–Trinajstić information content (AvgIpc) is 3.06. The highest BCUT2D eigenvalue weighted by molar-refractivity contribution is 7.14. The molecule has 0 aliphatic heterocycles. The second-order valence-electron chi connectivity index (χ2n) is 7.83. The van der Waals surface area contributed by atoms with E-state index >= 15 is 0 Å². The van der Waals surface area contributed by atoms with Crippen molar-refractivity contribution in [2.24, 2.45) is 0 Å². The van der Waals surface area contributed by atoms with Crippen LogP contribution in [-0.4, -0.2) is 22.8 Å². The van der Waals surface area contributed by atoms with Crippen molar-refractivity contribution >= 4 is 39.3 Å². The Labute approximate surface area is 183 Å². The summed E-state index contributed by atoms with van der Waals surface area (Å²) in [6, 6.07) is 9.23. The number of para-hydroxylation sites is 1. The Morgan fingerprint density at radius 2 is 1.81 bits per heavy atom. The van der Waals surface area contributed by atoms with E-state index in [1.165, 1.54) is 24.2 Å². The number of benzene rings is 1. The molecular weight excluding hydrogens is 414 g/mol. The zero-order valence-corrected chi connectivity index (χ0v) is 18.0. The molecule has 0 spiro atoms. The summed E-state index contributed by atoms with van der Waals surface area (Å²) in [6.07, 6.45) is 7.02. The van der Waals surface area contributed by atoms with Crippen LogP contribution in [0, 0.1) is 0 Å². The Morgan fingerprint density at radius 1 is 1.06 bits per heavy atom. The highest BCUT2D eigenvalue weighted by atomic mass is 32.1. The normalized spacial score (nSPS) is 14.8. The highest BCUT2D eigenvalue weighted by Gasteiger charge is 2.16. The molecule has 1 fully saturated rings. The largest absolute Gasteiger partial charge is 0.422 e. The van der Waals surface area contributed by atoms with Crippen molar-refractivity contribution in [2.45, 2.75) is 57.4 Å². The molecule has 1 saturated carbocycles. The molecule has 1 aromatic carbocycles. The third-order valence-corrected chi connectivity index (χ3v) is 6.23. The standard InChI is InChI=1S/C23H25N3O4S/c27-20(24-16-8-3-1-2-4-9-16)11-12-21(28)26-23-25-18(14-31-23)17-13-15-7-5-6-10-19(15)30-22(17)29/h5-7,10,13-14,16H,1-4,8-9,11-12H2,(H,24,27)(H,25,26,28). The Kier molecular flexibility index (Phi) is 6.76.